The van der Waals surface area contributed by atoms with Gasteiger partial charge in [0.15, 0.2) is 0 Å². The fourth-order valence-corrected chi connectivity index (χ4v) is 2.46. The van der Waals surface area contributed by atoms with E-state index in [2.05, 4.69) is 22.0 Å². The van der Waals surface area contributed by atoms with Crippen molar-refractivity contribution in [1.29, 1.82) is 0 Å². The molecule has 0 aromatic heterocycles. The van der Waals surface area contributed by atoms with Gasteiger partial charge in [-0.05, 0) is 20.3 Å². The van der Waals surface area contributed by atoms with Gasteiger partial charge in [0.05, 0.1) is 12.6 Å². The van der Waals surface area contributed by atoms with Crippen LogP contribution < -0.4 is 5.32 Å². The molecule has 1 fully saturated rings. The van der Waals surface area contributed by atoms with Gasteiger partial charge in [0.25, 0.3) is 0 Å². The van der Waals surface area contributed by atoms with Crippen LogP contribution in [0, 0.1) is 0 Å². The highest BCUT2D eigenvalue weighted by atomic mass is 16.2. The van der Waals surface area contributed by atoms with Gasteiger partial charge in [-0.25, -0.2) is 0 Å². The summed E-state index contributed by atoms with van der Waals surface area (Å²) < 4.78 is 0. The molecule has 1 aliphatic heterocycles. The van der Waals surface area contributed by atoms with Crippen LogP contribution in [-0.2, 0) is 9.59 Å². The van der Waals surface area contributed by atoms with E-state index >= 15 is 0 Å². The van der Waals surface area contributed by atoms with Crippen molar-refractivity contribution in [2.45, 2.75) is 39.3 Å². The molecule has 0 aromatic carbocycles. The molecular formula is C15H30N4O2. The fraction of sp³-hybridized carbons (Fsp3) is 0.867. The number of amides is 2. The van der Waals surface area contributed by atoms with Gasteiger partial charge in [0.2, 0.25) is 11.8 Å². The second-order valence-corrected chi connectivity index (χ2v) is 6.10. The Bertz CT molecular complexity index is 352. The predicted octanol–water partition coefficient (Wildman–Crippen LogP) is -0.00460. The molecule has 2 atom stereocenters. The normalized spacial score (nSPS) is 19.9. The summed E-state index contributed by atoms with van der Waals surface area (Å²) in [6.07, 6.45) is 0.948. The molecule has 2 amide bonds. The van der Waals surface area contributed by atoms with Crippen LogP contribution in [0.25, 0.3) is 0 Å². The maximum atomic E-state index is 12.0. The van der Waals surface area contributed by atoms with Gasteiger partial charge in [0, 0.05) is 46.3 Å². The summed E-state index contributed by atoms with van der Waals surface area (Å²) in [5, 5.41) is 2.99. The van der Waals surface area contributed by atoms with Crippen LogP contribution in [0.4, 0.5) is 0 Å². The van der Waals surface area contributed by atoms with E-state index in [-0.39, 0.29) is 23.9 Å². The lowest BCUT2D eigenvalue weighted by molar-refractivity contribution is -0.135. The van der Waals surface area contributed by atoms with Crippen LogP contribution in [0.3, 0.4) is 0 Å². The number of nitrogens with zero attached hydrogens (tertiary/aromatic N) is 3. The predicted molar refractivity (Wildman–Crippen MR) is 84.1 cm³/mol. The molecule has 1 N–H and O–H groups in total. The molecule has 0 saturated carbocycles. The summed E-state index contributed by atoms with van der Waals surface area (Å²) in [4.78, 5) is 29.8. The van der Waals surface area contributed by atoms with E-state index in [0.29, 0.717) is 6.54 Å². The van der Waals surface area contributed by atoms with E-state index in [4.69, 9.17) is 0 Å². The van der Waals surface area contributed by atoms with Crippen molar-refractivity contribution >= 4 is 11.8 Å². The van der Waals surface area contributed by atoms with Gasteiger partial charge >= 0.3 is 0 Å². The van der Waals surface area contributed by atoms with Crippen molar-refractivity contribution in [3.8, 4) is 0 Å². The molecular weight excluding hydrogens is 268 g/mol. The summed E-state index contributed by atoms with van der Waals surface area (Å²) >= 11 is 0. The minimum absolute atomic E-state index is 0.0870. The zero-order valence-electron chi connectivity index (χ0n) is 14.1. The fourth-order valence-electron chi connectivity index (χ4n) is 2.46. The lowest BCUT2D eigenvalue weighted by Gasteiger charge is -2.37. The smallest absolute Gasteiger partial charge is 0.239 e. The summed E-state index contributed by atoms with van der Waals surface area (Å²) in [5.41, 5.74) is 0. The Morgan fingerprint density at radius 2 is 1.71 bits per heavy atom. The molecule has 1 rings (SSSR count). The SMILES string of the molecule is CCC(C)NC(=O)CN1CCN(C(C)C(=O)N(C)C)CC1. The standard InChI is InChI=1S/C15H30N4O2/c1-6-12(2)16-14(20)11-18-7-9-19(10-8-18)13(3)15(21)17(4)5/h12-13H,6-11H2,1-5H3,(H,16,20). The number of hydrogen-bond acceptors (Lipinski definition) is 4. The van der Waals surface area contributed by atoms with Crippen molar-refractivity contribution in [3.63, 3.8) is 0 Å². The monoisotopic (exact) mass is 298 g/mol. The Labute approximate surface area is 128 Å². The van der Waals surface area contributed by atoms with Crippen molar-refractivity contribution in [2.24, 2.45) is 0 Å². The Morgan fingerprint density at radius 3 is 2.19 bits per heavy atom. The number of hydrogen-bond donors (Lipinski definition) is 1. The maximum Gasteiger partial charge on any atom is 0.239 e. The highest BCUT2D eigenvalue weighted by Crippen LogP contribution is 2.08. The average Bonchev–Trinajstić information content (AvgIpc) is 2.46. The molecule has 0 bridgehead atoms. The van der Waals surface area contributed by atoms with Gasteiger partial charge < -0.3 is 10.2 Å². The largest absolute Gasteiger partial charge is 0.353 e. The van der Waals surface area contributed by atoms with Crippen LogP contribution >= 0.6 is 0 Å². The minimum atomic E-state index is -0.0870. The zero-order chi connectivity index (χ0) is 16.0. The van der Waals surface area contributed by atoms with Crippen molar-refractivity contribution in [1.82, 2.24) is 20.0 Å². The van der Waals surface area contributed by atoms with E-state index in [1.165, 1.54) is 0 Å². The quantitative estimate of drug-likeness (QED) is 0.750. The molecule has 1 heterocycles. The Hall–Kier alpha value is -1.14. The topological polar surface area (TPSA) is 55.9 Å². The molecule has 1 saturated heterocycles. The van der Waals surface area contributed by atoms with Gasteiger partial charge in [-0.15, -0.1) is 0 Å². The Balaban J connectivity index is 2.35. The molecule has 6 nitrogen and oxygen atoms in total. The first-order valence-electron chi connectivity index (χ1n) is 7.82. The zero-order valence-corrected chi connectivity index (χ0v) is 14.1. The molecule has 0 radical (unpaired) electrons. The summed E-state index contributed by atoms with van der Waals surface area (Å²) in [6.45, 7) is 9.81. The number of rotatable bonds is 6. The number of piperazine rings is 1. The molecule has 6 heteroatoms. The van der Waals surface area contributed by atoms with Crippen molar-refractivity contribution in [2.75, 3.05) is 46.8 Å². The van der Waals surface area contributed by atoms with E-state index < -0.39 is 0 Å². The van der Waals surface area contributed by atoms with E-state index in [1.807, 2.05) is 13.8 Å². The van der Waals surface area contributed by atoms with Gasteiger partial charge in [-0.2, -0.15) is 0 Å². The first kappa shape index (κ1) is 17.9. The third-order valence-corrected chi connectivity index (χ3v) is 4.14. The third-order valence-electron chi connectivity index (χ3n) is 4.14. The third kappa shape index (κ3) is 5.63. The first-order valence-corrected chi connectivity index (χ1v) is 7.82. The van der Waals surface area contributed by atoms with E-state index in [9.17, 15) is 9.59 Å². The van der Waals surface area contributed by atoms with Gasteiger partial charge in [-0.1, -0.05) is 6.92 Å². The van der Waals surface area contributed by atoms with E-state index in [1.54, 1.807) is 19.0 Å². The molecule has 122 valence electrons. The van der Waals surface area contributed by atoms with Crippen LogP contribution in [0.5, 0.6) is 0 Å². The van der Waals surface area contributed by atoms with Crippen molar-refractivity contribution < 1.29 is 9.59 Å². The van der Waals surface area contributed by atoms with E-state index in [0.717, 1.165) is 32.6 Å². The highest BCUT2D eigenvalue weighted by molar-refractivity contribution is 5.81. The number of likely N-dealkylation sites (N-methyl/N-ethyl adjacent to an activating group) is 1. The maximum absolute atomic E-state index is 12.0. The van der Waals surface area contributed by atoms with Crippen LogP contribution in [0.1, 0.15) is 27.2 Å². The lowest BCUT2D eigenvalue weighted by atomic mass is 10.2. The van der Waals surface area contributed by atoms with Gasteiger partial charge in [-0.3, -0.25) is 19.4 Å². The van der Waals surface area contributed by atoms with Crippen molar-refractivity contribution in [3.05, 3.63) is 0 Å². The first-order chi connectivity index (χ1) is 9.85. The molecule has 1 aliphatic rings. The minimum Gasteiger partial charge on any atom is -0.353 e. The van der Waals surface area contributed by atoms with Crippen LogP contribution in [-0.4, -0.2) is 85.4 Å². The lowest BCUT2D eigenvalue weighted by Crippen LogP contribution is -2.55. The van der Waals surface area contributed by atoms with Gasteiger partial charge in [0.1, 0.15) is 0 Å². The van der Waals surface area contributed by atoms with Crippen LogP contribution in [0.15, 0.2) is 0 Å². The molecule has 2 unspecified atom stereocenters. The second-order valence-electron chi connectivity index (χ2n) is 6.10. The molecule has 21 heavy (non-hydrogen) atoms. The summed E-state index contributed by atoms with van der Waals surface area (Å²) in [6, 6.07) is 0.146. The summed E-state index contributed by atoms with van der Waals surface area (Å²) in [5.74, 6) is 0.230. The molecule has 0 aromatic rings. The summed E-state index contributed by atoms with van der Waals surface area (Å²) in [7, 11) is 3.57. The highest BCUT2D eigenvalue weighted by Gasteiger charge is 2.27. The molecule has 0 aliphatic carbocycles. The van der Waals surface area contributed by atoms with Crippen LogP contribution in [0.2, 0.25) is 0 Å². The number of carbonyl (C=O) groups is 2. The number of nitrogens with one attached hydrogen (secondary N) is 1. The molecule has 0 spiro atoms. The number of carbonyl (C=O) groups excluding carboxylic acids is 2. The average molecular weight is 298 g/mol. The Morgan fingerprint density at radius 1 is 1.14 bits per heavy atom. The Kier molecular flexibility index (Phi) is 7.11. The second kappa shape index (κ2) is 8.34.